The molecule has 0 unspecified atom stereocenters. The average Bonchev–Trinajstić information content (AvgIpc) is 2.75. The van der Waals surface area contributed by atoms with Gasteiger partial charge in [0.25, 0.3) is 0 Å². The molecule has 8 heteroatoms. The smallest absolute Gasteiger partial charge is 0.242 e. The van der Waals surface area contributed by atoms with Crippen molar-refractivity contribution in [3.63, 3.8) is 0 Å². The van der Waals surface area contributed by atoms with Crippen molar-refractivity contribution in [1.82, 2.24) is 14.7 Å². The quantitative estimate of drug-likeness (QED) is 0.856. The molecular weight excluding hydrogens is 306 g/mol. The fourth-order valence-corrected chi connectivity index (χ4v) is 3.29. The fraction of sp³-hybridized carbons (Fsp3) is 0.273. The Labute approximate surface area is 120 Å². The molecule has 2 aromatic rings. The number of pyridine rings is 1. The standard InChI is InChI=1S/C11H12ClN3O2S2/c1-8-6-14-11(18-8)4-5-15-19(16,17)9-2-3-10(12)13-7-9/h2-3,6-7,15H,4-5H2,1H3. The van der Waals surface area contributed by atoms with Crippen LogP contribution in [0.15, 0.2) is 29.4 Å². The van der Waals surface area contributed by atoms with E-state index in [0.717, 1.165) is 9.88 Å². The second kappa shape index (κ2) is 5.96. The maximum absolute atomic E-state index is 11.9. The molecule has 2 aromatic heterocycles. The van der Waals surface area contributed by atoms with Crippen LogP contribution in [0, 0.1) is 6.92 Å². The minimum absolute atomic E-state index is 0.104. The lowest BCUT2D eigenvalue weighted by Crippen LogP contribution is -2.26. The molecule has 1 N–H and O–H groups in total. The molecule has 2 rings (SSSR count). The number of thiazole rings is 1. The van der Waals surface area contributed by atoms with Crippen LogP contribution in [0.3, 0.4) is 0 Å². The number of nitrogens with zero attached hydrogens (tertiary/aromatic N) is 2. The SMILES string of the molecule is Cc1cnc(CCNS(=O)(=O)c2ccc(Cl)nc2)s1. The Balaban J connectivity index is 1.96. The van der Waals surface area contributed by atoms with Crippen molar-refractivity contribution in [1.29, 1.82) is 0 Å². The number of hydrogen-bond acceptors (Lipinski definition) is 5. The van der Waals surface area contributed by atoms with Crippen molar-refractivity contribution in [2.24, 2.45) is 0 Å². The Bertz CT molecular complexity index is 653. The van der Waals surface area contributed by atoms with Gasteiger partial charge in [-0.1, -0.05) is 11.6 Å². The zero-order valence-electron chi connectivity index (χ0n) is 10.1. The van der Waals surface area contributed by atoms with Crippen LogP contribution in [0.1, 0.15) is 9.88 Å². The fourth-order valence-electron chi connectivity index (χ4n) is 1.41. The van der Waals surface area contributed by atoms with Crippen LogP contribution < -0.4 is 4.72 Å². The summed E-state index contributed by atoms with van der Waals surface area (Å²) in [6.07, 6.45) is 3.58. The van der Waals surface area contributed by atoms with Crippen LogP contribution in [0.5, 0.6) is 0 Å². The van der Waals surface area contributed by atoms with Gasteiger partial charge in [0.1, 0.15) is 10.0 Å². The summed E-state index contributed by atoms with van der Waals surface area (Å²) in [6, 6.07) is 2.87. The summed E-state index contributed by atoms with van der Waals surface area (Å²) in [5.74, 6) is 0. The highest BCUT2D eigenvalue weighted by atomic mass is 35.5. The highest BCUT2D eigenvalue weighted by Gasteiger charge is 2.13. The summed E-state index contributed by atoms with van der Waals surface area (Å²) >= 11 is 7.18. The molecule has 0 bridgehead atoms. The highest BCUT2D eigenvalue weighted by molar-refractivity contribution is 7.89. The number of hydrogen-bond donors (Lipinski definition) is 1. The molecule has 0 saturated carbocycles. The van der Waals surface area contributed by atoms with E-state index in [2.05, 4.69) is 14.7 Å². The van der Waals surface area contributed by atoms with E-state index in [1.54, 1.807) is 17.5 Å². The number of aromatic nitrogens is 2. The highest BCUT2D eigenvalue weighted by Crippen LogP contribution is 2.13. The van der Waals surface area contributed by atoms with Gasteiger partial charge < -0.3 is 0 Å². The first kappa shape index (κ1) is 14.4. The molecule has 2 heterocycles. The van der Waals surface area contributed by atoms with Crippen LogP contribution >= 0.6 is 22.9 Å². The third kappa shape index (κ3) is 3.97. The van der Waals surface area contributed by atoms with Gasteiger partial charge >= 0.3 is 0 Å². The van der Waals surface area contributed by atoms with Gasteiger partial charge in [0.15, 0.2) is 0 Å². The molecule has 0 spiro atoms. The largest absolute Gasteiger partial charge is 0.249 e. The molecule has 0 amide bonds. The topological polar surface area (TPSA) is 72.0 Å². The van der Waals surface area contributed by atoms with Gasteiger partial charge in [-0.15, -0.1) is 11.3 Å². The minimum Gasteiger partial charge on any atom is -0.249 e. The Morgan fingerprint density at radius 1 is 1.32 bits per heavy atom. The molecule has 0 saturated heterocycles. The summed E-state index contributed by atoms with van der Waals surface area (Å²) in [5, 5.41) is 1.17. The molecular formula is C11H12ClN3O2S2. The summed E-state index contributed by atoms with van der Waals surface area (Å²) in [7, 11) is -3.53. The van der Waals surface area contributed by atoms with Crippen molar-refractivity contribution in [2.75, 3.05) is 6.54 Å². The van der Waals surface area contributed by atoms with Gasteiger partial charge in [0.05, 0.1) is 5.01 Å². The molecule has 0 atom stereocenters. The molecule has 0 radical (unpaired) electrons. The van der Waals surface area contributed by atoms with Crippen LogP contribution in [0.4, 0.5) is 0 Å². The molecule has 0 aromatic carbocycles. The van der Waals surface area contributed by atoms with E-state index < -0.39 is 10.0 Å². The Morgan fingerprint density at radius 3 is 2.68 bits per heavy atom. The van der Waals surface area contributed by atoms with Crippen molar-refractivity contribution in [3.8, 4) is 0 Å². The number of sulfonamides is 1. The van der Waals surface area contributed by atoms with E-state index in [4.69, 9.17) is 11.6 Å². The Morgan fingerprint density at radius 2 is 2.11 bits per heavy atom. The first-order valence-corrected chi connectivity index (χ1v) is 8.18. The van der Waals surface area contributed by atoms with Crippen LogP contribution in [0.25, 0.3) is 0 Å². The molecule has 19 heavy (non-hydrogen) atoms. The zero-order valence-corrected chi connectivity index (χ0v) is 12.5. The van der Waals surface area contributed by atoms with Crippen LogP contribution in [0.2, 0.25) is 5.15 Å². The first-order valence-electron chi connectivity index (χ1n) is 5.50. The lowest BCUT2D eigenvalue weighted by atomic mass is 10.5. The van der Waals surface area contributed by atoms with E-state index >= 15 is 0 Å². The zero-order chi connectivity index (χ0) is 13.9. The van der Waals surface area contributed by atoms with Crippen LogP contribution in [-0.4, -0.2) is 24.9 Å². The number of rotatable bonds is 5. The summed E-state index contributed by atoms with van der Waals surface area (Å²) < 4.78 is 26.4. The average molecular weight is 318 g/mol. The van der Waals surface area contributed by atoms with Gasteiger partial charge in [-0.05, 0) is 19.1 Å². The van der Waals surface area contributed by atoms with Gasteiger partial charge in [-0.25, -0.2) is 23.1 Å². The maximum Gasteiger partial charge on any atom is 0.242 e. The second-order valence-electron chi connectivity index (χ2n) is 3.83. The van der Waals surface area contributed by atoms with Crippen molar-refractivity contribution in [2.45, 2.75) is 18.2 Å². The predicted molar refractivity (Wildman–Crippen MR) is 75.0 cm³/mol. The summed E-state index contributed by atoms with van der Waals surface area (Å²) in [6.45, 7) is 2.27. The van der Waals surface area contributed by atoms with E-state index in [9.17, 15) is 8.42 Å². The minimum atomic E-state index is -3.53. The Kier molecular flexibility index (Phi) is 4.51. The van der Waals surface area contributed by atoms with E-state index in [-0.39, 0.29) is 10.0 Å². The summed E-state index contributed by atoms with van der Waals surface area (Å²) in [4.78, 5) is 9.14. The summed E-state index contributed by atoms with van der Waals surface area (Å²) in [5.41, 5.74) is 0. The normalized spacial score (nSPS) is 11.7. The molecule has 102 valence electrons. The first-order chi connectivity index (χ1) is 8.97. The van der Waals surface area contributed by atoms with E-state index in [1.807, 2.05) is 6.92 Å². The van der Waals surface area contributed by atoms with Gasteiger partial charge in [0.2, 0.25) is 10.0 Å². The van der Waals surface area contributed by atoms with Gasteiger partial charge in [-0.2, -0.15) is 0 Å². The second-order valence-corrected chi connectivity index (χ2v) is 7.30. The molecule has 0 aliphatic rings. The molecule has 5 nitrogen and oxygen atoms in total. The number of halogens is 1. The van der Waals surface area contributed by atoms with Crippen LogP contribution in [-0.2, 0) is 16.4 Å². The number of aryl methyl sites for hydroxylation is 1. The molecule has 0 aliphatic carbocycles. The van der Waals surface area contributed by atoms with Crippen molar-refractivity contribution >= 4 is 33.0 Å². The monoisotopic (exact) mass is 317 g/mol. The third-order valence-electron chi connectivity index (χ3n) is 2.31. The third-order valence-corrected chi connectivity index (χ3v) is 4.95. The molecule has 0 aliphatic heterocycles. The van der Waals surface area contributed by atoms with Crippen molar-refractivity contribution in [3.05, 3.63) is 39.6 Å². The Hall–Kier alpha value is -1.02. The van der Waals surface area contributed by atoms with Gasteiger partial charge in [-0.3, -0.25) is 0 Å². The lowest BCUT2D eigenvalue weighted by Gasteiger charge is -2.05. The van der Waals surface area contributed by atoms with Crippen molar-refractivity contribution < 1.29 is 8.42 Å². The van der Waals surface area contributed by atoms with Gasteiger partial charge in [0, 0.05) is 30.2 Å². The maximum atomic E-state index is 11.9. The number of nitrogens with one attached hydrogen (secondary N) is 1. The van der Waals surface area contributed by atoms with E-state index in [0.29, 0.717) is 13.0 Å². The lowest BCUT2D eigenvalue weighted by molar-refractivity contribution is 0.581. The predicted octanol–water partition coefficient (Wildman–Crippen LogP) is 2.02. The van der Waals surface area contributed by atoms with E-state index in [1.165, 1.54) is 18.3 Å². The molecule has 0 fully saturated rings.